The minimum Gasteiger partial charge on any atom is -0.465 e. The third-order valence-corrected chi connectivity index (χ3v) is 6.47. The van der Waals surface area contributed by atoms with Crippen LogP contribution in [0.2, 0.25) is 0 Å². The van der Waals surface area contributed by atoms with Gasteiger partial charge >= 0.3 is 6.09 Å². The van der Waals surface area contributed by atoms with Gasteiger partial charge in [0.1, 0.15) is 0 Å². The standard InChI is InChI=1S/C22H32N2O7/c25-20(18(23-22(26)27)12-14-4-2-1-3-5-14)19(24-31-15-6-9-28-10-7-15)17-13-30-21-16(17)8-11-29-21/h1-5,15-21,23-25H,6-13H2,(H,26,27)/t16-,17+,18-,19?,20+,21+/m0/s1. The van der Waals surface area contributed by atoms with E-state index in [0.717, 1.165) is 24.8 Å². The van der Waals surface area contributed by atoms with Gasteiger partial charge in [-0.1, -0.05) is 30.3 Å². The van der Waals surface area contributed by atoms with Crippen LogP contribution in [0.5, 0.6) is 0 Å². The Morgan fingerprint density at radius 2 is 1.90 bits per heavy atom. The smallest absolute Gasteiger partial charge is 0.404 e. The van der Waals surface area contributed by atoms with Crippen LogP contribution in [0, 0.1) is 11.8 Å². The fourth-order valence-corrected chi connectivity index (χ4v) is 4.78. The number of nitrogens with one attached hydrogen (secondary N) is 2. The van der Waals surface area contributed by atoms with Crippen molar-refractivity contribution in [2.75, 3.05) is 26.4 Å². The maximum Gasteiger partial charge on any atom is 0.404 e. The molecule has 172 valence electrons. The molecule has 0 aromatic heterocycles. The molecular weight excluding hydrogens is 404 g/mol. The first-order valence-corrected chi connectivity index (χ1v) is 11.1. The van der Waals surface area contributed by atoms with Crippen LogP contribution in [-0.4, -0.2) is 73.3 Å². The van der Waals surface area contributed by atoms with Crippen LogP contribution in [-0.2, 0) is 25.5 Å². The Bertz CT molecular complexity index is 700. The summed E-state index contributed by atoms with van der Waals surface area (Å²) in [5.74, 6) is 0.0730. The number of rotatable bonds is 9. The molecule has 3 heterocycles. The van der Waals surface area contributed by atoms with Crippen LogP contribution in [0.3, 0.4) is 0 Å². The van der Waals surface area contributed by atoms with Gasteiger partial charge in [-0.2, -0.15) is 5.48 Å². The lowest BCUT2D eigenvalue weighted by molar-refractivity contribution is -0.118. The van der Waals surface area contributed by atoms with Gasteiger partial charge in [0.05, 0.1) is 37.5 Å². The molecule has 1 amide bonds. The molecule has 3 aliphatic heterocycles. The molecule has 0 bridgehead atoms. The third kappa shape index (κ3) is 5.74. The number of aliphatic hydroxyl groups is 1. The summed E-state index contributed by atoms with van der Waals surface area (Å²) in [6.45, 7) is 2.33. The second-order valence-corrected chi connectivity index (χ2v) is 8.50. The molecule has 9 heteroatoms. The first-order chi connectivity index (χ1) is 15.1. The summed E-state index contributed by atoms with van der Waals surface area (Å²) in [5.41, 5.74) is 4.05. The Morgan fingerprint density at radius 1 is 1.13 bits per heavy atom. The quantitative estimate of drug-likeness (QED) is 0.428. The number of aliphatic hydroxyl groups excluding tert-OH is 1. The molecule has 9 nitrogen and oxygen atoms in total. The molecule has 0 spiro atoms. The van der Waals surface area contributed by atoms with Crippen LogP contribution in [0.25, 0.3) is 0 Å². The number of benzene rings is 1. The number of amides is 1. The molecule has 1 unspecified atom stereocenters. The van der Waals surface area contributed by atoms with Gasteiger partial charge in [-0.3, -0.25) is 4.84 Å². The molecule has 31 heavy (non-hydrogen) atoms. The van der Waals surface area contributed by atoms with E-state index in [0.29, 0.717) is 32.8 Å². The Kier molecular flexibility index (Phi) is 7.76. The van der Waals surface area contributed by atoms with E-state index in [2.05, 4.69) is 10.8 Å². The van der Waals surface area contributed by atoms with Crippen molar-refractivity contribution in [3.8, 4) is 0 Å². The van der Waals surface area contributed by atoms with Crippen LogP contribution in [0.1, 0.15) is 24.8 Å². The van der Waals surface area contributed by atoms with E-state index in [4.69, 9.17) is 19.0 Å². The van der Waals surface area contributed by atoms with Gasteiger partial charge in [0.15, 0.2) is 6.29 Å². The summed E-state index contributed by atoms with van der Waals surface area (Å²) in [5, 5.41) is 23.3. The number of hydrogen-bond donors (Lipinski definition) is 4. The van der Waals surface area contributed by atoms with Gasteiger partial charge in [-0.15, -0.1) is 0 Å². The number of fused-ring (bicyclic) bond motifs is 1. The third-order valence-electron chi connectivity index (χ3n) is 6.47. The summed E-state index contributed by atoms with van der Waals surface area (Å²) in [7, 11) is 0. The van der Waals surface area contributed by atoms with E-state index in [1.807, 2.05) is 30.3 Å². The van der Waals surface area contributed by atoms with Crippen molar-refractivity contribution in [2.24, 2.45) is 11.8 Å². The molecule has 6 atom stereocenters. The van der Waals surface area contributed by atoms with E-state index < -0.39 is 24.3 Å². The monoisotopic (exact) mass is 436 g/mol. The topological polar surface area (TPSA) is 119 Å². The molecule has 4 rings (SSSR count). The van der Waals surface area contributed by atoms with Crippen molar-refractivity contribution in [1.29, 1.82) is 0 Å². The van der Waals surface area contributed by atoms with Crippen LogP contribution < -0.4 is 10.8 Å². The zero-order chi connectivity index (χ0) is 21.6. The van der Waals surface area contributed by atoms with Gasteiger partial charge in [0.2, 0.25) is 0 Å². The van der Waals surface area contributed by atoms with E-state index in [1.54, 1.807) is 0 Å². The van der Waals surface area contributed by atoms with Crippen LogP contribution in [0.15, 0.2) is 30.3 Å². The fourth-order valence-electron chi connectivity index (χ4n) is 4.78. The second-order valence-electron chi connectivity index (χ2n) is 8.50. The van der Waals surface area contributed by atoms with E-state index in [1.165, 1.54) is 0 Å². The minimum absolute atomic E-state index is 0.0126. The molecule has 3 aliphatic rings. The fraction of sp³-hybridized carbons (Fsp3) is 0.682. The highest BCUT2D eigenvalue weighted by Crippen LogP contribution is 2.38. The molecule has 0 radical (unpaired) electrons. The highest BCUT2D eigenvalue weighted by atomic mass is 16.7. The first-order valence-electron chi connectivity index (χ1n) is 11.1. The zero-order valence-corrected chi connectivity index (χ0v) is 17.5. The van der Waals surface area contributed by atoms with Crippen molar-refractivity contribution in [1.82, 2.24) is 10.8 Å². The molecule has 4 N–H and O–H groups in total. The van der Waals surface area contributed by atoms with Crippen molar-refractivity contribution in [3.63, 3.8) is 0 Å². The molecular formula is C22H32N2O7. The number of carbonyl (C=O) groups is 1. The van der Waals surface area contributed by atoms with E-state index >= 15 is 0 Å². The van der Waals surface area contributed by atoms with Gasteiger partial charge in [-0.25, -0.2) is 4.79 Å². The normalized spacial score (nSPS) is 29.3. The predicted octanol–water partition coefficient (Wildman–Crippen LogP) is 1.30. The Balaban J connectivity index is 1.51. The van der Waals surface area contributed by atoms with Crippen LogP contribution >= 0.6 is 0 Å². The van der Waals surface area contributed by atoms with Crippen molar-refractivity contribution >= 4 is 6.09 Å². The minimum atomic E-state index is -1.17. The molecule has 1 aromatic rings. The van der Waals surface area contributed by atoms with Crippen molar-refractivity contribution < 1.29 is 34.1 Å². The zero-order valence-electron chi connectivity index (χ0n) is 17.5. The Hall–Kier alpha value is -1.75. The van der Waals surface area contributed by atoms with Gasteiger partial charge in [0, 0.05) is 25.0 Å². The highest BCUT2D eigenvalue weighted by Gasteiger charge is 2.48. The summed E-state index contributed by atoms with van der Waals surface area (Å²) in [6.07, 6.45) is 0.263. The number of hydrogen-bond acceptors (Lipinski definition) is 7. The lowest BCUT2D eigenvalue weighted by atomic mass is 9.82. The maximum absolute atomic E-state index is 11.5. The summed E-state index contributed by atoms with van der Waals surface area (Å²) in [4.78, 5) is 17.5. The lowest BCUT2D eigenvalue weighted by Crippen LogP contribution is -2.58. The van der Waals surface area contributed by atoms with Gasteiger partial charge in [0.25, 0.3) is 0 Å². The Morgan fingerprint density at radius 3 is 2.65 bits per heavy atom. The molecule has 3 saturated heterocycles. The van der Waals surface area contributed by atoms with Gasteiger partial charge < -0.3 is 29.7 Å². The number of hydroxylamine groups is 1. The largest absolute Gasteiger partial charge is 0.465 e. The highest BCUT2D eigenvalue weighted by molar-refractivity contribution is 5.65. The average molecular weight is 437 g/mol. The summed E-state index contributed by atoms with van der Waals surface area (Å²) >= 11 is 0. The van der Waals surface area contributed by atoms with Crippen LogP contribution in [0.4, 0.5) is 4.79 Å². The first kappa shape index (κ1) is 22.4. The average Bonchev–Trinajstić information content (AvgIpc) is 3.39. The van der Waals surface area contributed by atoms with E-state index in [-0.39, 0.29) is 24.2 Å². The molecule has 0 saturated carbocycles. The maximum atomic E-state index is 11.5. The number of ether oxygens (including phenoxy) is 3. The van der Waals surface area contributed by atoms with E-state index in [9.17, 15) is 15.0 Å². The summed E-state index contributed by atoms with van der Waals surface area (Å²) in [6, 6.07) is 8.32. The SMILES string of the molecule is O=C(O)N[C@@H](Cc1ccccc1)[C@@H](O)C(NOC1CCOCC1)[C@@H]1CO[C@H]2OCC[C@H]21. The van der Waals surface area contributed by atoms with Crippen molar-refractivity contribution in [2.45, 2.75) is 56.3 Å². The number of carboxylic acid groups (broad SMARTS) is 1. The second kappa shape index (κ2) is 10.7. The molecule has 0 aliphatic carbocycles. The summed E-state index contributed by atoms with van der Waals surface area (Å²) < 4.78 is 16.8. The molecule has 3 fully saturated rings. The lowest BCUT2D eigenvalue weighted by Gasteiger charge is -2.36. The van der Waals surface area contributed by atoms with Crippen molar-refractivity contribution in [3.05, 3.63) is 35.9 Å². The predicted molar refractivity (Wildman–Crippen MR) is 110 cm³/mol. The molecule has 1 aromatic carbocycles. The van der Waals surface area contributed by atoms with Gasteiger partial charge in [-0.05, 0) is 31.2 Å². The Labute approximate surface area is 182 Å².